The Balaban J connectivity index is 2.09. The Labute approximate surface area is 109 Å². The Morgan fingerprint density at radius 3 is 3.00 bits per heavy atom. The summed E-state index contributed by atoms with van der Waals surface area (Å²) in [5, 5.41) is 10.2. The number of hydrogen-bond donors (Lipinski definition) is 3. The lowest BCUT2D eigenvalue weighted by Crippen LogP contribution is -2.44. The zero-order valence-electron chi connectivity index (χ0n) is 10.9. The molecule has 1 aliphatic rings. The monoisotopic (exact) mass is 246 g/mol. The summed E-state index contributed by atoms with van der Waals surface area (Å²) in [5.41, 5.74) is 8.13. The largest absolute Gasteiger partial charge is 0.370 e. The van der Waals surface area contributed by atoms with Gasteiger partial charge in [0, 0.05) is 18.8 Å². The van der Waals surface area contributed by atoms with Crippen LogP contribution in [0, 0.1) is 5.41 Å². The van der Waals surface area contributed by atoms with E-state index in [2.05, 4.69) is 41.4 Å². The molecule has 1 heterocycles. The first-order valence-corrected chi connectivity index (χ1v) is 6.64. The molecule has 1 aromatic rings. The topological polar surface area (TPSA) is 65.1 Å². The van der Waals surface area contributed by atoms with Gasteiger partial charge >= 0.3 is 0 Å². The van der Waals surface area contributed by atoms with Crippen molar-refractivity contribution in [3.8, 4) is 0 Å². The van der Waals surface area contributed by atoms with E-state index in [1.165, 1.54) is 24.1 Å². The van der Waals surface area contributed by atoms with Crippen LogP contribution in [0.2, 0.25) is 0 Å². The van der Waals surface area contributed by atoms with Crippen LogP contribution >= 0.6 is 0 Å². The summed E-state index contributed by atoms with van der Waals surface area (Å²) in [6, 6.07) is 9.00. The van der Waals surface area contributed by atoms with Crippen LogP contribution in [0.1, 0.15) is 25.3 Å². The molecule has 1 atom stereocenters. The van der Waals surface area contributed by atoms with Gasteiger partial charge in [-0.2, -0.15) is 0 Å². The Bertz CT molecular complexity index is 416. The number of nitrogens with zero attached hydrogens (tertiary/aromatic N) is 1. The molecule has 18 heavy (non-hydrogen) atoms. The summed E-state index contributed by atoms with van der Waals surface area (Å²) in [4.78, 5) is 2.45. The van der Waals surface area contributed by atoms with Crippen molar-refractivity contribution in [2.75, 3.05) is 18.0 Å². The predicted molar refractivity (Wildman–Crippen MR) is 76.1 cm³/mol. The normalized spacial score (nSPS) is 17.6. The summed E-state index contributed by atoms with van der Waals surface area (Å²) < 4.78 is 0. The quantitative estimate of drug-likeness (QED) is 0.547. The zero-order valence-corrected chi connectivity index (χ0v) is 10.9. The van der Waals surface area contributed by atoms with Gasteiger partial charge in [-0.25, -0.2) is 0 Å². The average Bonchev–Trinajstić information content (AvgIpc) is 2.71. The van der Waals surface area contributed by atoms with Crippen LogP contribution in [0.25, 0.3) is 0 Å². The minimum absolute atomic E-state index is 0.0568. The Morgan fingerprint density at radius 1 is 1.50 bits per heavy atom. The lowest BCUT2D eigenvalue weighted by molar-refractivity contribution is 0.587. The molecule has 4 heteroatoms. The van der Waals surface area contributed by atoms with Crippen LogP contribution in [0.5, 0.6) is 0 Å². The summed E-state index contributed by atoms with van der Waals surface area (Å²) >= 11 is 0. The highest BCUT2D eigenvalue weighted by atomic mass is 15.2. The first-order valence-electron chi connectivity index (χ1n) is 6.64. The van der Waals surface area contributed by atoms with Crippen LogP contribution in [0.15, 0.2) is 24.3 Å². The first-order chi connectivity index (χ1) is 8.72. The second-order valence-electron chi connectivity index (χ2n) is 4.83. The summed E-state index contributed by atoms with van der Waals surface area (Å²) in [6.45, 7) is 4.04. The average molecular weight is 246 g/mol. The minimum atomic E-state index is 0.0568. The molecule has 1 aromatic carbocycles. The molecule has 0 bridgehead atoms. The van der Waals surface area contributed by atoms with Crippen molar-refractivity contribution < 1.29 is 0 Å². The summed E-state index contributed by atoms with van der Waals surface area (Å²) in [5.74, 6) is 0.0568. The number of nitrogens with one attached hydrogen (secondary N) is 2. The van der Waals surface area contributed by atoms with E-state index in [9.17, 15) is 0 Å². The van der Waals surface area contributed by atoms with Crippen LogP contribution in [-0.2, 0) is 6.42 Å². The fourth-order valence-electron chi connectivity index (χ4n) is 2.57. The minimum Gasteiger partial charge on any atom is -0.370 e. The van der Waals surface area contributed by atoms with Crippen molar-refractivity contribution >= 4 is 11.6 Å². The van der Waals surface area contributed by atoms with E-state index in [1.807, 2.05) is 0 Å². The standard InChI is InChI=1S/C14H22N4/c1-2-3-8-18-12(10-17-14(15)16)9-11-6-4-5-7-13(11)18/h4-7,12H,2-3,8-10H2,1H3,(H4,15,16,17). The zero-order chi connectivity index (χ0) is 13.0. The molecule has 0 radical (unpaired) electrons. The van der Waals surface area contributed by atoms with Gasteiger partial charge in [-0.15, -0.1) is 0 Å². The van der Waals surface area contributed by atoms with Gasteiger partial charge in [0.1, 0.15) is 0 Å². The predicted octanol–water partition coefficient (Wildman–Crippen LogP) is 1.70. The van der Waals surface area contributed by atoms with Gasteiger partial charge in [-0.1, -0.05) is 31.5 Å². The van der Waals surface area contributed by atoms with E-state index in [1.54, 1.807) is 0 Å². The highest BCUT2D eigenvalue weighted by molar-refractivity contribution is 5.74. The molecule has 1 aliphatic heterocycles. The van der Waals surface area contributed by atoms with Crippen molar-refractivity contribution in [1.29, 1.82) is 5.41 Å². The molecule has 0 amide bonds. The molecule has 0 saturated carbocycles. The molecule has 0 aliphatic carbocycles. The Kier molecular flexibility index (Phi) is 4.07. The Morgan fingerprint density at radius 2 is 2.28 bits per heavy atom. The number of para-hydroxylation sites is 1. The van der Waals surface area contributed by atoms with E-state index in [-0.39, 0.29) is 5.96 Å². The van der Waals surface area contributed by atoms with E-state index in [0.717, 1.165) is 19.5 Å². The molecule has 0 saturated heterocycles. The van der Waals surface area contributed by atoms with Crippen molar-refractivity contribution in [1.82, 2.24) is 5.32 Å². The molecule has 0 aromatic heterocycles. The maximum Gasteiger partial charge on any atom is 0.185 e. The molecule has 0 spiro atoms. The maximum absolute atomic E-state index is 7.27. The fraction of sp³-hybridized carbons (Fsp3) is 0.500. The molecule has 2 rings (SSSR count). The number of hydrogen-bond acceptors (Lipinski definition) is 2. The van der Waals surface area contributed by atoms with Crippen LogP contribution in [-0.4, -0.2) is 25.1 Å². The maximum atomic E-state index is 7.27. The summed E-state index contributed by atoms with van der Waals surface area (Å²) in [6.07, 6.45) is 3.44. The molecule has 4 N–H and O–H groups in total. The molecular formula is C14H22N4. The van der Waals surface area contributed by atoms with Crippen LogP contribution in [0.3, 0.4) is 0 Å². The lowest BCUT2D eigenvalue weighted by Gasteiger charge is -2.27. The molecule has 1 unspecified atom stereocenters. The van der Waals surface area contributed by atoms with E-state index < -0.39 is 0 Å². The van der Waals surface area contributed by atoms with Gasteiger partial charge in [-0.3, -0.25) is 5.41 Å². The van der Waals surface area contributed by atoms with Gasteiger partial charge in [0.05, 0.1) is 6.04 Å². The van der Waals surface area contributed by atoms with Gasteiger partial charge in [0.2, 0.25) is 0 Å². The van der Waals surface area contributed by atoms with Crippen LogP contribution in [0.4, 0.5) is 5.69 Å². The highest BCUT2D eigenvalue weighted by Crippen LogP contribution is 2.31. The molecule has 98 valence electrons. The third kappa shape index (κ3) is 2.75. The molecule has 4 nitrogen and oxygen atoms in total. The highest BCUT2D eigenvalue weighted by Gasteiger charge is 2.28. The lowest BCUT2D eigenvalue weighted by atomic mass is 10.1. The van der Waals surface area contributed by atoms with E-state index >= 15 is 0 Å². The van der Waals surface area contributed by atoms with Crippen molar-refractivity contribution in [2.45, 2.75) is 32.2 Å². The number of unbranched alkanes of at least 4 members (excludes halogenated alkanes) is 1. The third-order valence-corrected chi connectivity index (χ3v) is 3.48. The SMILES string of the molecule is CCCCN1c2ccccc2CC1CNC(=N)N. The van der Waals surface area contributed by atoms with Gasteiger partial charge < -0.3 is 16.0 Å². The van der Waals surface area contributed by atoms with Gasteiger partial charge in [-0.05, 0) is 24.5 Å². The number of rotatable bonds is 5. The third-order valence-electron chi connectivity index (χ3n) is 3.48. The second-order valence-corrected chi connectivity index (χ2v) is 4.83. The van der Waals surface area contributed by atoms with Crippen molar-refractivity contribution in [3.63, 3.8) is 0 Å². The number of guanidine groups is 1. The van der Waals surface area contributed by atoms with Gasteiger partial charge in [0.15, 0.2) is 5.96 Å². The van der Waals surface area contributed by atoms with Crippen LogP contribution < -0.4 is 16.0 Å². The van der Waals surface area contributed by atoms with Crippen molar-refractivity contribution in [3.05, 3.63) is 29.8 Å². The number of fused-ring (bicyclic) bond motifs is 1. The first kappa shape index (κ1) is 12.7. The Hall–Kier alpha value is -1.71. The van der Waals surface area contributed by atoms with Gasteiger partial charge in [0.25, 0.3) is 0 Å². The van der Waals surface area contributed by atoms with E-state index in [4.69, 9.17) is 11.1 Å². The molecule has 0 fully saturated rings. The van der Waals surface area contributed by atoms with Crippen molar-refractivity contribution in [2.24, 2.45) is 5.73 Å². The van der Waals surface area contributed by atoms with E-state index in [0.29, 0.717) is 6.04 Å². The number of anilines is 1. The smallest absolute Gasteiger partial charge is 0.185 e. The fourth-order valence-corrected chi connectivity index (χ4v) is 2.57. The summed E-state index contributed by atoms with van der Waals surface area (Å²) in [7, 11) is 0. The second kappa shape index (κ2) is 5.76. The number of benzene rings is 1. The number of nitrogens with two attached hydrogens (primary N) is 1. The molecular weight excluding hydrogens is 224 g/mol.